The molecule has 1 atom stereocenters. The Bertz CT molecular complexity index is 598. The maximum absolute atomic E-state index is 11.6. The molecule has 2 rings (SSSR count). The third kappa shape index (κ3) is 2.40. The Labute approximate surface area is 121 Å². The van der Waals surface area contributed by atoms with Crippen LogP contribution >= 0.6 is 11.6 Å². The summed E-state index contributed by atoms with van der Waals surface area (Å²) in [4.78, 5) is 17.2. The largest absolute Gasteiger partial charge is 0.457 e. The van der Waals surface area contributed by atoms with E-state index in [4.69, 9.17) is 21.1 Å². The van der Waals surface area contributed by atoms with E-state index in [1.807, 2.05) is 18.2 Å². The Kier molecular flexibility index (Phi) is 4.10. The van der Waals surface area contributed by atoms with Gasteiger partial charge in [0, 0.05) is 7.05 Å². The van der Waals surface area contributed by atoms with E-state index >= 15 is 0 Å². The molecular weight excluding hydrogens is 280 g/mol. The van der Waals surface area contributed by atoms with Crippen LogP contribution in [0.15, 0.2) is 52.8 Å². The van der Waals surface area contributed by atoms with Gasteiger partial charge in [-0.3, -0.25) is 4.99 Å². The highest BCUT2D eigenvalue weighted by atomic mass is 35.5. The van der Waals surface area contributed by atoms with Gasteiger partial charge in [-0.25, -0.2) is 4.79 Å². The first-order chi connectivity index (χ1) is 9.60. The van der Waals surface area contributed by atoms with Gasteiger partial charge in [-0.2, -0.15) is 0 Å². The first-order valence-corrected chi connectivity index (χ1v) is 6.14. The van der Waals surface area contributed by atoms with Gasteiger partial charge in [-0.05, 0) is 18.9 Å². The number of hydrogen-bond acceptors (Lipinski definition) is 5. The lowest BCUT2D eigenvalue weighted by Gasteiger charge is -2.25. The fourth-order valence-corrected chi connectivity index (χ4v) is 2.17. The van der Waals surface area contributed by atoms with Crippen molar-refractivity contribution >= 4 is 35.7 Å². The van der Waals surface area contributed by atoms with Crippen molar-refractivity contribution in [1.29, 1.82) is 0 Å². The maximum Gasteiger partial charge on any atom is 0.355 e. The summed E-state index contributed by atoms with van der Waals surface area (Å²) in [6.07, 6.45) is 0.272. The normalized spacial score (nSPS) is 17.7. The van der Waals surface area contributed by atoms with Crippen LogP contribution in [0.25, 0.3) is 0 Å². The second-order valence-electron chi connectivity index (χ2n) is 3.95. The minimum Gasteiger partial charge on any atom is -0.457 e. The van der Waals surface area contributed by atoms with Crippen molar-refractivity contribution < 1.29 is 14.3 Å². The smallest absolute Gasteiger partial charge is 0.355 e. The summed E-state index contributed by atoms with van der Waals surface area (Å²) in [7, 11) is 1.74. The molecule has 0 bridgehead atoms. The Morgan fingerprint density at radius 1 is 1.50 bits per heavy atom. The van der Waals surface area contributed by atoms with Crippen LogP contribution in [0.1, 0.15) is 0 Å². The molecule has 0 fully saturated rings. The third-order valence-electron chi connectivity index (χ3n) is 2.84. The predicted molar refractivity (Wildman–Crippen MR) is 78.1 cm³/mol. The number of para-hydroxylation sites is 2. The molecule has 6 heteroatoms. The third-order valence-corrected chi connectivity index (χ3v) is 3.18. The van der Waals surface area contributed by atoms with E-state index in [9.17, 15) is 4.79 Å². The van der Waals surface area contributed by atoms with Gasteiger partial charge >= 0.3 is 5.97 Å². The summed E-state index contributed by atoms with van der Waals surface area (Å²) in [5.74, 6) is -0.635. The van der Waals surface area contributed by atoms with E-state index in [-0.39, 0.29) is 5.03 Å². The van der Waals surface area contributed by atoms with Gasteiger partial charge in [-0.15, -0.1) is 0 Å². The first kappa shape index (κ1) is 14.1. The molecule has 1 unspecified atom stereocenters. The molecule has 1 aromatic carbocycles. The number of benzene rings is 1. The molecule has 0 aliphatic carbocycles. The Balaban J connectivity index is 2.44. The van der Waals surface area contributed by atoms with Gasteiger partial charge in [0.25, 0.3) is 6.29 Å². The van der Waals surface area contributed by atoms with Crippen molar-refractivity contribution in [3.05, 3.63) is 47.8 Å². The van der Waals surface area contributed by atoms with Gasteiger partial charge in [-0.1, -0.05) is 30.3 Å². The molecule has 0 saturated heterocycles. The molecule has 0 amide bonds. The lowest BCUT2D eigenvalue weighted by atomic mass is 10.2. The standard InChI is InChI=1S/C14H13ClN2O3/c1-4-19-14-12(11(15)13(18)20-14)17(3)10-8-6-5-7-9(10)16-2/h4-8,14H,1-2H2,3H3. The fraction of sp³-hybridized carbons (Fsp3) is 0.143. The SMILES string of the molecule is C=COC1OC(=O)C(Cl)=C1N(C)c1ccccc1N=C. The number of hydrogen-bond donors (Lipinski definition) is 0. The van der Waals surface area contributed by atoms with Gasteiger partial charge in [0.05, 0.1) is 17.6 Å². The Morgan fingerprint density at radius 2 is 2.20 bits per heavy atom. The predicted octanol–water partition coefficient (Wildman–Crippen LogP) is 2.95. The number of carbonyl (C=O) groups excluding carboxylic acids is 1. The maximum atomic E-state index is 11.6. The van der Waals surface area contributed by atoms with Crippen LogP contribution in [0.2, 0.25) is 0 Å². The zero-order valence-corrected chi connectivity index (χ0v) is 11.6. The van der Waals surface area contributed by atoms with E-state index in [0.29, 0.717) is 11.4 Å². The summed E-state index contributed by atoms with van der Waals surface area (Å²) in [6, 6.07) is 7.31. The van der Waals surface area contributed by atoms with Crippen LogP contribution in [0.5, 0.6) is 0 Å². The summed E-state index contributed by atoms with van der Waals surface area (Å²) >= 11 is 6.00. The molecule has 1 aromatic rings. The van der Waals surface area contributed by atoms with Crippen molar-refractivity contribution in [2.45, 2.75) is 6.29 Å². The highest BCUT2D eigenvalue weighted by molar-refractivity contribution is 6.42. The molecule has 5 nitrogen and oxygen atoms in total. The minimum absolute atomic E-state index is 0.0294. The van der Waals surface area contributed by atoms with E-state index in [1.165, 1.54) is 6.26 Å². The molecule has 0 saturated carbocycles. The summed E-state index contributed by atoms with van der Waals surface area (Å²) < 4.78 is 10.2. The number of rotatable bonds is 5. The summed E-state index contributed by atoms with van der Waals surface area (Å²) in [5.41, 5.74) is 1.78. The van der Waals surface area contributed by atoms with Crippen LogP contribution in [0, 0.1) is 0 Å². The number of aliphatic imine (C=N–C) groups is 1. The molecule has 0 spiro atoms. The van der Waals surface area contributed by atoms with Crippen molar-refractivity contribution in [2.75, 3.05) is 11.9 Å². The minimum atomic E-state index is -0.921. The number of nitrogens with zero attached hydrogens (tertiary/aromatic N) is 2. The van der Waals surface area contributed by atoms with E-state index in [2.05, 4.69) is 18.3 Å². The molecule has 0 radical (unpaired) electrons. The van der Waals surface area contributed by atoms with Gasteiger partial charge in [0.1, 0.15) is 5.70 Å². The number of carbonyl (C=O) groups is 1. The van der Waals surface area contributed by atoms with Crippen LogP contribution in [-0.2, 0) is 14.3 Å². The van der Waals surface area contributed by atoms with Crippen LogP contribution < -0.4 is 4.90 Å². The van der Waals surface area contributed by atoms with E-state index in [1.54, 1.807) is 18.0 Å². The molecule has 104 valence electrons. The molecule has 1 heterocycles. The van der Waals surface area contributed by atoms with Gasteiger partial charge in [0.2, 0.25) is 0 Å². The Morgan fingerprint density at radius 3 is 2.85 bits per heavy atom. The molecule has 0 aromatic heterocycles. The summed E-state index contributed by atoms with van der Waals surface area (Å²) in [6.45, 7) is 6.97. The zero-order chi connectivity index (χ0) is 14.7. The zero-order valence-electron chi connectivity index (χ0n) is 10.9. The topological polar surface area (TPSA) is 51.1 Å². The molecular formula is C14H13ClN2O3. The van der Waals surface area contributed by atoms with Crippen molar-refractivity contribution in [3.63, 3.8) is 0 Å². The quantitative estimate of drug-likeness (QED) is 0.476. The number of ether oxygens (including phenoxy) is 2. The number of halogens is 1. The van der Waals surface area contributed by atoms with Crippen molar-refractivity contribution in [3.8, 4) is 0 Å². The average Bonchev–Trinajstić information content (AvgIpc) is 2.73. The van der Waals surface area contributed by atoms with Crippen LogP contribution in [-0.4, -0.2) is 26.0 Å². The Hall–Kier alpha value is -2.27. The molecule has 1 aliphatic heterocycles. The second-order valence-corrected chi connectivity index (χ2v) is 4.32. The number of anilines is 1. The van der Waals surface area contributed by atoms with Crippen LogP contribution in [0.3, 0.4) is 0 Å². The van der Waals surface area contributed by atoms with Crippen molar-refractivity contribution in [1.82, 2.24) is 0 Å². The summed E-state index contributed by atoms with van der Waals surface area (Å²) in [5, 5.41) is -0.0294. The second kappa shape index (κ2) is 5.79. The molecule has 20 heavy (non-hydrogen) atoms. The molecule has 1 aliphatic rings. The van der Waals surface area contributed by atoms with Crippen molar-refractivity contribution in [2.24, 2.45) is 4.99 Å². The number of esters is 1. The van der Waals surface area contributed by atoms with E-state index in [0.717, 1.165) is 5.69 Å². The lowest BCUT2D eigenvalue weighted by Crippen LogP contribution is -2.26. The lowest BCUT2D eigenvalue weighted by molar-refractivity contribution is -0.152. The average molecular weight is 293 g/mol. The fourth-order valence-electron chi connectivity index (χ4n) is 1.91. The molecule has 0 N–H and O–H groups in total. The highest BCUT2D eigenvalue weighted by Gasteiger charge is 2.37. The van der Waals surface area contributed by atoms with Gasteiger partial charge < -0.3 is 14.4 Å². The van der Waals surface area contributed by atoms with E-state index < -0.39 is 12.3 Å². The highest BCUT2D eigenvalue weighted by Crippen LogP contribution is 2.36. The number of cyclic esters (lactones) is 1. The van der Waals surface area contributed by atoms with Crippen LogP contribution in [0.4, 0.5) is 11.4 Å². The number of likely N-dealkylation sites (N-methyl/N-ethyl adjacent to an activating group) is 1. The first-order valence-electron chi connectivity index (χ1n) is 5.76. The monoisotopic (exact) mass is 292 g/mol. The van der Waals surface area contributed by atoms with Gasteiger partial charge in [0.15, 0.2) is 5.03 Å².